The molecule has 0 saturated carbocycles. The van der Waals surface area contributed by atoms with E-state index in [4.69, 9.17) is 5.11 Å². The van der Waals surface area contributed by atoms with Crippen molar-refractivity contribution in [2.75, 3.05) is 7.05 Å². The second-order valence-electron chi connectivity index (χ2n) is 5.62. The third-order valence-electron chi connectivity index (χ3n) is 3.66. The van der Waals surface area contributed by atoms with Gasteiger partial charge in [0.15, 0.2) is 0 Å². The first-order valence-corrected chi connectivity index (χ1v) is 8.39. The van der Waals surface area contributed by atoms with E-state index in [2.05, 4.69) is 19.1 Å². The molecule has 2 rings (SSSR count). The minimum absolute atomic E-state index is 0.112. The van der Waals surface area contributed by atoms with Gasteiger partial charge in [0.05, 0.1) is 5.56 Å². The van der Waals surface area contributed by atoms with Gasteiger partial charge in [-0.05, 0) is 49.6 Å². The maximum Gasteiger partial charge on any atom is 0.335 e. The smallest absolute Gasteiger partial charge is 0.335 e. The molecule has 0 aliphatic rings. The number of carbonyl (C=O) groups is 2. The SMILES string of the molecule is Cc1ccc(CCCC(=O)N(C)Cc2ccc(C(=O)O)cc2)s1. The molecule has 1 amide bonds. The Morgan fingerprint density at radius 2 is 1.83 bits per heavy atom. The molecule has 1 aromatic heterocycles. The lowest BCUT2D eigenvalue weighted by Crippen LogP contribution is -2.26. The number of aryl methyl sites for hydroxylation is 2. The summed E-state index contributed by atoms with van der Waals surface area (Å²) in [5.41, 5.74) is 1.19. The number of thiophene rings is 1. The molecule has 0 aliphatic carbocycles. The van der Waals surface area contributed by atoms with Crippen LogP contribution in [0.5, 0.6) is 0 Å². The molecule has 4 nitrogen and oxygen atoms in total. The van der Waals surface area contributed by atoms with Gasteiger partial charge in [0.25, 0.3) is 0 Å². The minimum atomic E-state index is -0.940. The number of nitrogens with zero attached hydrogens (tertiary/aromatic N) is 1. The van der Waals surface area contributed by atoms with E-state index in [1.807, 2.05) is 0 Å². The average Bonchev–Trinajstić information content (AvgIpc) is 2.93. The zero-order valence-corrected chi connectivity index (χ0v) is 14.2. The molecule has 122 valence electrons. The lowest BCUT2D eigenvalue weighted by Gasteiger charge is -2.17. The third kappa shape index (κ3) is 5.21. The number of benzene rings is 1. The van der Waals surface area contributed by atoms with Gasteiger partial charge in [0.1, 0.15) is 0 Å². The summed E-state index contributed by atoms with van der Waals surface area (Å²) in [6, 6.07) is 10.9. The van der Waals surface area contributed by atoms with Crippen molar-refractivity contribution in [2.45, 2.75) is 32.7 Å². The molecular weight excluding hydrogens is 310 g/mol. The van der Waals surface area contributed by atoms with Crippen molar-refractivity contribution >= 4 is 23.2 Å². The highest BCUT2D eigenvalue weighted by molar-refractivity contribution is 7.11. The Hall–Kier alpha value is -2.14. The van der Waals surface area contributed by atoms with Gasteiger partial charge in [-0.15, -0.1) is 11.3 Å². The standard InChI is InChI=1S/C18H21NO3S/c1-13-6-11-16(23-13)4-3-5-17(20)19(2)12-14-7-9-15(10-8-14)18(21)22/h6-11H,3-5,12H2,1-2H3,(H,21,22). The zero-order valence-electron chi connectivity index (χ0n) is 13.4. The van der Waals surface area contributed by atoms with Crippen LogP contribution in [0.2, 0.25) is 0 Å². The summed E-state index contributed by atoms with van der Waals surface area (Å²) in [4.78, 5) is 27.3. The molecule has 0 spiro atoms. The fraction of sp³-hybridized carbons (Fsp3) is 0.333. The van der Waals surface area contributed by atoms with Gasteiger partial charge in [0.2, 0.25) is 5.91 Å². The second-order valence-corrected chi connectivity index (χ2v) is 6.99. The topological polar surface area (TPSA) is 57.6 Å². The molecule has 1 heterocycles. The first kappa shape index (κ1) is 17.2. The molecular formula is C18H21NO3S. The van der Waals surface area contributed by atoms with Gasteiger partial charge >= 0.3 is 5.97 Å². The van der Waals surface area contributed by atoms with Crippen LogP contribution < -0.4 is 0 Å². The van der Waals surface area contributed by atoms with Crippen LogP contribution >= 0.6 is 11.3 Å². The monoisotopic (exact) mass is 331 g/mol. The number of amides is 1. The summed E-state index contributed by atoms with van der Waals surface area (Å²) < 4.78 is 0. The van der Waals surface area contributed by atoms with Gasteiger partial charge in [-0.2, -0.15) is 0 Å². The van der Waals surface area contributed by atoms with E-state index in [1.54, 1.807) is 47.5 Å². The number of rotatable bonds is 7. The number of hydrogen-bond acceptors (Lipinski definition) is 3. The molecule has 1 aromatic carbocycles. The Morgan fingerprint density at radius 1 is 1.13 bits per heavy atom. The second kappa shape index (κ2) is 7.92. The molecule has 0 fully saturated rings. The van der Waals surface area contributed by atoms with Gasteiger partial charge in [-0.1, -0.05) is 12.1 Å². The van der Waals surface area contributed by atoms with Crippen molar-refractivity contribution in [1.82, 2.24) is 4.90 Å². The first-order chi connectivity index (χ1) is 11.0. The Balaban J connectivity index is 1.78. The van der Waals surface area contributed by atoms with Crippen LogP contribution in [0.4, 0.5) is 0 Å². The molecule has 23 heavy (non-hydrogen) atoms. The molecule has 2 aromatic rings. The molecule has 1 N–H and O–H groups in total. The Bertz CT molecular complexity index is 676. The summed E-state index contributed by atoms with van der Waals surface area (Å²) in [5.74, 6) is -0.828. The van der Waals surface area contributed by atoms with Crippen LogP contribution in [0.15, 0.2) is 36.4 Å². The van der Waals surface area contributed by atoms with E-state index in [0.717, 1.165) is 18.4 Å². The van der Waals surface area contributed by atoms with Crippen molar-refractivity contribution < 1.29 is 14.7 Å². The fourth-order valence-corrected chi connectivity index (χ4v) is 3.27. The molecule has 0 saturated heterocycles. The number of aromatic carboxylic acids is 1. The highest BCUT2D eigenvalue weighted by Crippen LogP contribution is 2.17. The number of carboxylic acid groups (broad SMARTS) is 1. The number of hydrogen-bond donors (Lipinski definition) is 1. The van der Waals surface area contributed by atoms with Crippen LogP contribution in [0.3, 0.4) is 0 Å². The first-order valence-electron chi connectivity index (χ1n) is 7.57. The van der Waals surface area contributed by atoms with E-state index >= 15 is 0 Å². The van der Waals surface area contributed by atoms with Gasteiger partial charge in [-0.3, -0.25) is 4.79 Å². The molecule has 0 atom stereocenters. The molecule has 5 heteroatoms. The highest BCUT2D eigenvalue weighted by atomic mass is 32.1. The van der Waals surface area contributed by atoms with Crippen LogP contribution in [0.1, 0.15) is 38.5 Å². The zero-order chi connectivity index (χ0) is 16.8. The number of carbonyl (C=O) groups excluding carboxylic acids is 1. The third-order valence-corrected chi connectivity index (χ3v) is 4.72. The molecule has 0 bridgehead atoms. The predicted octanol–water partition coefficient (Wildman–Crippen LogP) is 3.74. The van der Waals surface area contributed by atoms with Crippen molar-refractivity contribution in [1.29, 1.82) is 0 Å². The van der Waals surface area contributed by atoms with E-state index < -0.39 is 5.97 Å². The maximum absolute atomic E-state index is 12.2. The summed E-state index contributed by atoms with van der Waals surface area (Å²) >= 11 is 1.78. The lowest BCUT2D eigenvalue weighted by molar-refractivity contribution is -0.130. The van der Waals surface area contributed by atoms with Crippen molar-refractivity contribution in [3.05, 3.63) is 57.3 Å². The summed E-state index contributed by atoms with van der Waals surface area (Å²) in [7, 11) is 1.78. The van der Waals surface area contributed by atoms with Gasteiger partial charge < -0.3 is 10.0 Å². The quantitative estimate of drug-likeness (QED) is 0.841. The number of carboxylic acids is 1. The largest absolute Gasteiger partial charge is 0.478 e. The van der Waals surface area contributed by atoms with E-state index in [1.165, 1.54) is 9.75 Å². The van der Waals surface area contributed by atoms with Crippen LogP contribution in [0, 0.1) is 6.92 Å². The van der Waals surface area contributed by atoms with Gasteiger partial charge in [-0.25, -0.2) is 4.79 Å². The van der Waals surface area contributed by atoms with E-state index in [9.17, 15) is 9.59 Å². The van der Waals surface area contributed by atoms with Gasteiger partial charge in [0, 0.05) is 29.8 Å². The van der Waals surface area contributed by atoms with E-state index in [0.29, 0.717) is 13.0 Å². The van der Waals surface area contributed by atoms with Crippen LogP contribution in [0.25, 0.3) is 0 Å². The Labute approximate surface area is 140 Å². The maximum atomic E-state index is 12.2. The summed E-state index contributed by atoms with van der Waals surface area (Å²) in [6.45, 7) is 2.58. The molecule has 0 unspecified atom stereocenters. The molecule has 0 radical (unpaired) electrons. The Morgan fingerprint density at radius 3 is 2.39 bits per heavy atom. The normalized spacial score (nSPS) is 10.5. The Kier molecular flexibility index (Phi) is 5.93. The highest BCUT2D eigenvalue weighted by Gasteiger charge is 2.10. The van der Waals surface area contributed by atoms with Crippen LogP contribution in [-0.2, 0) is 17.8 Å². The van der Waals surface area contributed by atoms with Crippen molar-refractivity contribution in [3.63, 3.8) is 0 Å². The summed E-state index contributed by atoms with van der Waals surface area (Å²) in [5, 5.41) is 8.87. The minimum Gasteiger partial charge on any atom is -0.478 e. The fourth-order valence-electron chi connectivity index (χ4n) is 2.34. The van der Waals surface area contributed by atoms with Crippen molar-refractivity contribution in [3.8, 4) is 0 Å². The predicted molar refractivity (Wildman–Crippen MR) is 91.9 cm³/mol. The van der Waals surface area contributed by atoms with Crippen LogP contribution in [-0.4, -0.2) is 28.9 Å². The molecule has 0 aliphatic heterocycles. The summed E-state index contributed by atoms with van der Waals surface area (Å²) in [6.07, 6.45) is 2.31. The lowest BCUT2D eigenvalue weighted by atomic mass is 10.1. The van der Waals surface area contributed by atoms with Crippen molar-refractivity contribution in [2.24, 2.45) is 0 Å². The average molecular weight is 331 g/mol. The van der Waals surface area contributed by atoms with E-state index in [-0.39, 0.29) is 11.5 Å².